The molecule has 0 aromatic heterocycles. The van der Waals surface area contributed by atoms with Gasteiger partial charge in [0, 0.05) is 31.3 Å². The van der Waals surface area contributed by atoms with E-state index in [9.17, 15) is 13.2 Å². The van der Waals surface area contributed by atoms with Crippen LogP contribution in [0.1, 0.15) is 54.3 Å². The summed E-state index contributed by atoms with van der Waals surface area (Å²) in [5.74, 6) is -0.226. The Labute approximate surface area is 143 Å². The molecule has 0 N–H and O–H groups in total. The number of carbonyl (C=O) groups excluding carboxylic acids is 1. The van der Waals surface area contributed by atoms with Crippen LogP contribution < -0.4 is 0 Å². The molecule has 2 fully saturated rings. The van der Waals surface area contributed by atoms with E-state index in [4.69, 9.17) is 9.47 Å². The highest BCUT2D eigenvalue weighted by atomic mass is 32.2. The van der Waals surface area contributed by atoms with Gasteiger partial charge in [-0.25, -0.2) is 8.42 Å². The molecule has 2 atom stereocenters. The van der Waals surface area contributed by atoms with Crippen LogP contribution >= 0.6 is 0 Å². The molecular weight excluding hydrogens is 328 g/mol. The summed E-state index contributed by atoms with van der Waals surface area (Å²) < 4.78 is 35.4. The molecule has 24 heavy (non-hydrogen) atoms. The lowest BCUT2D eigenvalue weighted by Gasteiger charge is -2.38. The van der Waals surface area contributed by atoms with Gasteiger partial charge >= 0.3 is 0 Å². The van der Waals surface area contributed by atoms with Gasteiger partial charge in [-0.3, -0.25) is 4.79 Å². The zero-order valence-corrected chi connectivity index (χ0v) is 14.9. The van der Waals surface area contributed by atoms with Crippen molar-refractivity contribution in [1.29, 1.82) is 0 Å². The Kier molecular flexibility index (Phi) is 5.08. The number of methoxy groups -OCH3 is 2. The quantitative estimate of drug-likeness (QED) is 0.602. The largest absolute Gasteiger partial charge is 0.352 e. The highest BCUT2D eigenvalue weighted by molar-refractivity contribution is 7.92. The topological polar surface area (TPSA) is 69.7 Å². The fourth-order valence-corrected chi connectivity index (χ4v) is 6.66. The highest BCUT2D eigenvalue weighted by Gasteiger charge is 2.46. The Morgan fingerprint density at radius 3 is 2.25 bits per heavy atom. The van der Waals surface area contributed by atoms with E-state index in [2.05, 4.69) is 0 Å². The zero-order chi connectivity index (χ0) is 17.3. The number of sulfone groups is 1. The van der Waals surface area contributed by atoms with Gasteiger partial charge in [0.1, 0.15) is 0 Å². The van der Waals surface area contributed by atoms with E-state index in [0.717, 1.165) is 6.42 Å². The van der Waals surface area contributed by atoms with Crippen LogP contribution in [0.25, 0.3) is 0 Å². The maximum Gasteiger partial charge on any atom is 0.183 e. The Hall–Kier alpha value is -1.24. The molecule has 2 heterocycles. The minimum Gasteiger partial charge on any atom is -0.352 e. The predicted molar refractivity (Wildman–Crippen MR) is 90.6 cm³/mol. The van der Waals surface area contributed by atoms with E-state index in [1.807, 2.05) is 18.2 Å². The van der Waals surface area contributed by atoms with Crippen LogP contribution in [0.5, 0.6) is 0 Å². The van der Waals surface area contributed by atoms with Gasteiger partial charge in [0.25, 0.3) is 0 Å². The summed E-state index contributed by atoms with van der Waals surface area (Å²) >= 11 is 0. The molecule has 0 radical (unpaired) electrons. The molecule has 132 valence electrons. The molecular formula is C18H24O5S. The van der Waals surface area contributed by atoms with E-state index < -0.39 is 16.1 Å². The molecule has 0 spiro atoms. The molecule has 0 saturated carbocycles. The Balaban J connectivity index is 1.88. The third kappa shape index (κ3) is 3.03. The van der Waals surface area contributed by atoms with Crippen molar-refractivity contribution in [2.45, 2.75) is 48.9 Å². The highest BCUT2D eigenvalue weighted by Crippen LogP contribution is 2.41. The van der Waals surface area contributed by atoms with Gasteiger partial charge in [0.15, 0.2) is 21.9 Å². The predicted octanol–water partition coefficient (Wildman–Crippen LogP) is 2.91. The molecule has 6 heteroatoms. The summed E-state index contributed by atoms with van der Waals surface area (Å²) in [5.41, 5.74) is 1.28. The third-order valence-electron chi connectivity index (χ3n) is 5.36. The first-order chi connectivity index (χ1) is 11.5. The molecule has 2 aliphatic rings. The molecule has 1 aromatic carbocycles. The number of Topliss-reactive ketones (excluding diaryl/α,β-unsaturated/α-hetero) is 1. The summed E-state index contributed by atoms with van der Waals surface area (Å²) in [5, 5.41) is -0.710. The second-order valence-corrected chi connectivity index (χ2v) is 9.20. The van der Waals surface area contributed by atoms with Crippen LogP contribution in [0.4, 0.5) is 0 Å². The van der Waals surface area contributed by atoms with Crippen LogP contribution in [-0.4, -0.2) is 38.9 Å². The lowest BCUT2D eigenvalue weighted by Crippen LogP contribution is -2.45. The first kappa shape index (κ1) is 17.6. The standard InChI is InChI=1S/C18H24O5S/c1-22-18(23-2)16-9-4-3-8-15(16)17(19)12-10-13-6-5-7-14(11-12)24(13,20)21/h3-4,8-9,12-14,18H,5-7,10-11H2,1-2H3. The van der Waals surface area contributed by atoms with Crippen molar-refractivity contribution in [2.75, 3.05) is 14.2 Å². The second kappa shape index (κ2) is 6.94. The molecule has 5 nitrogen and oxygen atoms in total. The van der Waals surface area contributed by atoms with Gasteiger partial charge in [-0.2, -0.15) is 0 Å². The second-order valence-electron chi connectivity index (χ2n) is 6.69. The molecule has 1 aromatic rings. The number of benzene rings is 1. The monoisotopic (exact) mass is 352 g/mol. The first-order valence-electron chi connectivity index (χ1n) is 8.40. The van der Waals surface area contributed by atoms with Gasteiger partial charge in [-0.05, 0) is 25.7 Å². The normalized spacial score (nSPS) is 28.7. The van der Waals surface area contributed by atoms with Gasteiger partial charge in [-0.1, -0.05) is 30.7 Å². The lowest BCUT2D eigenvalue weighted by molar-refractivity contribution is -0.106. The molecule has 0 amide bonds. The lowest BCUT2D eigenvalue weighted by atomic mass is 9.83. The number of hydrogen-bond acceptors (Lipinski definition) is 5. The van der Waals surface area contributed by atoms with Crippen LogP contribution in [0.2, 0.25) is 0 Å². The number of ether oxygens (including phenoxy) is 2. The van der Waals surface area contributed by atoms with E-state index in [1.165, 1.54) is 14.2 Å². The average molecular weight is 352 g/mol. The number of hydrogen-bond donors (Lipinski definition) is 0. The molecule has 2 aliphatic heterocycles. The smallest absolute Gasteiger partial charge is 0.183 e. The fraction of sp³-hybridized carbons (Fsp3) is 0.611. The van der Waals surface area contributed by atoms with Crippen molar-refractivity contribution in [2.24, 2.45) is 5.92 Å². The number of fused-ring (bicyclic) bond motifs is 2. The van der Waals surface area contributed by atoms with Crippen LogP contribution in [0.15, 0.2) is 24.3 Å². The molecule has 0 aliphatic carbocycles. The molecule has 2 bridgehead atoms. The maximum absolute atomic E-state index is 13.1. The summed E-state index contributed by atoms with van der Waals surface area (Å²) in [7, 11) is 0.0179. The van der Waals surface area contributed by atoms with Gasteiger partial charge in [0.2, 0.25) is 0 Å². The van der Waals surface area contributed by atoms with Crippen molar-refractivity contribution in [3.05, 3.63) is 35.4 Å². The van der Waals surface area contributed by atoms with Crippen molar-refractivity contribution < 1.29 is 22.7 Å². The van der Waals surface area contributed by atoms with Crippen molar-refractivity contribution in [1.82, 2.24) is 0 Å². The third-order valence-corrected chi connectivity index (χ3v) is 8.07. The first-order valence-corrected chi connectivity index (χ1v) is 10.0. The van der Waals surface area contributed by atoms with E-state index in [0.29, 0.717) is 36.8 Å². The fourth-order valence-electron chi connectivity index (χ4n) is 4.12. The number of ketones is 1. The maximum atomic E-state index is 13.1. The Morgan fingerprint density at radius 2 is 1.67 bits per heavy atom. The molecule has 3 rings (SSSR count). The summed E-state index contributed by atoms with van der Waals surface area (Å²) in [6, 6.07) is 7.27. The SMILES string of the molecule is COC(OC)c1ccccc1C(=O)C1CC2CCCC(C1)S2(=O)=O. The summed E-state index contributed by atoms with van der Waals surface area (Å²) in [4.78, 5) is 13.1. The Bertz CT molecular complexity index is 688. The van der Waals surface area contributed by atoms with Crippen molar-refractivity contribution in [3.63, 3.8) is 0 Å². The van der Waals surface area contributed by atoms with Crippen LogP contribution in [0.3, 0.4) is 0 Å². The van der Waals surface area contributed by atoms with E-state index in [-0.39, 0.29) is 22.2 Å². The zero-order valence-electron chi connectivity index (χ0n) is 14.1. The summed E-state index contributed by atoms with van der Waals surface area (Å²) in [6.07, 6.45) is 2.60. The van der Waals surface area contributed by atoms with Crippen LogP contribution in [-0.2, 0) is 19.3 Å². The molecule has 2 unspecified atom stereocenters. The number of carbonyl (C=O) groups is 1. The van der Waals surface area contributed by atoms with Crippen LogP contribution in [0, 0.1) is 5.92 Å². The number of rotatable bonds is 5. The Morgan fingerprint density at radius 1 is 1.08 bits per heavy atom. The van der Waals surface area contributed by atoms with Crippen molar-refractivity contribution >= 4 is 15.6 Å². The van der Waals surface area contributed by atoms with Gasteiger partial charge in [-0.15, -0.1) is 0 Å². The van der Waals surface area contributed by atoms with Crippen molar-refractivity contribution in [3.8, 4) is 0 Å². The van der Waals surface area contributed by atoms with Gasteiger partial charge in [0.05, 0.1) is 10.5 Å². The molecule has 2 saturated heterocycles. The average Bonchev–Trinajstić information content (AvgIpc) is 2.55. The summed E-state index contributed by atoms with van der Waals surface area (Å²) in [6.45, 7) is 0. The minimum absolute atomic E-state index is 0.0106. The van der Waals surface area contributed by atoms with E-state index >= 15 is 0 Å². The minimum atomic E-state index is -3.05. The van der Waals surface area contributed by atoms with E-state index in [1.54, 1.807) is 6.07 Å². The van der Waals surface area contributed by atoms with Gasteiger partial charge < -0.3 is 9.47 Å².